The molecule has 0 radical (unpaired) electrons. The summed E-state index contributed by atoms with van der Waals surface area (Å²) in [6, 6.07) is 14.5. The Bertz CT molecular complexity index is 443. The first-order chi connectivity index (χ1) is 7.86. The molecule has 0 N–H and O–H groups in total. The van der Waals surface area contributed by atoms with Crippen LogP contribution < -0.4 is 0 Å². The third-order valence-corrected chi connectivity index (χ3v) is 4.44. The minimum atomic E-state index is 1.02. The summed E-state index contributed by atoms with van der Waals surface area (Å²) >= 11 is 0. The Morgan fingerprint density at radius 1 is 1.06 bits per heavy atom. The summed E-state index contributed by atoms with van der Waals surface area (Å²) in [4.78, 5) is 4.27. The molecule has 1 heterocycles. The van der Waals surface area contributed by atoms with Crippen molar-refractivity contribution in [3.63, 3.8) is 0 Å². The molecule has 82 valence electrons. The average molecular weight is 247 g/mol. The van der Waals surface area contributed by atoms with Gasteiger partial charge in [-0.3, -0.25) is 0 Å². The molecule has 16 heavy (non-hydrogen) atoms. The largest absolute Gasteiger partial charge is 0.249 e. The van der Waals surface area contributed by atoms with Gasteiger partial charge in [0.05, 0.1) is 0 Å². The number of benzene rings is 1. The minimum absolute atomic E-state index is 1.02. The Morgan fingerprint density at radius 3 is 2.62 bits per heavy atom. The summed E-state index contributed by atoms with van der Waals surface area (Å²) in [6.07, 6.45) is 1.83. The molecule has 0 unspecified atom stereocenters. The maximum atomic E-state index is 4.27. The van der Waals surface area contributed by atoms with Crippen molar-refractivity contribution >= 4 is 21.6 Å². The molecule has 2 aromatic rings. The number of pyridine rings is 1. The van der Waals surface area contributed by atoms with Crippen LogP contribution in [0.4, 0.5) is 0 Å². The minimum Gasteiger partial charge on any atom is -0.249 e. The van der Waals surface area contributed by atoms with Gasteiger partial charge in [-0.25, -0.2) is 4.98 Å². The highest BCUT2D eigenvalue weighted by molar-refractivity contribution is 8.76. The molecule has 1 aromatic heterocycles. The van der Waals surface area contributed by atoms with Crippen LogP contribution in [0.2, 0.25) is 0 Å². The molecule has 0 saturated carbocycles. The molecule has 0 amide bonds. The molecule has 0 aliphatic rings. The van der Waals surface area contributed by atoms with Crippen molar-refractivity contribution in [1.29, 1.82) is 0 Å². The fourth-order valence-corrected chi connectivity index (χ4v) is 3.41. The number of hydrogen-bond donors (Lipinski definition) is 0. The van der Waals surface area contributed by atoms with Crippen LogP contribution in [0.15, 0.2) is 53.7 Å². The number of rotatable bonds is 4. The Kier molecular flexibility index (Phi) is 4.31. The quantitative estimate of drug-likeness (QED) is 0.746. The maximum absolute atomic E-state index is 4.27. The van der Waals surface area contributed by atoms with Gasteiger partial charge in [-0.2, -0.15) is 0 Å². The molecule has 2 rings (SSSR count). The van der Waals surface area contributed by atoms with Gasteiger partial charge in [-0.1, -0.05) is 41.1 Å². The normalized spacial score (nSPS) is 10.3. The number of aryl methyl sites for hydroxylation is 1. The van der Waals surface area contributed by atoms with E-state index in [1.807, 2.05) is 35.2 Å². The van der Waals surface area contributed by atoms with E-state index in [1.54, 1.807) is 10.8 Å². The highest BCUT2D eigenvalue weighted by Crippen LogP contribution is 2.32. The first kappa shape index (κ1) is 11.6. The Morgan fingerprint density at radius 2 is 1.88 bits per heavy atom. The molecule has 0 bridgehead atoms. The van der Waals surface area contributed by atoms with E-state index >= 15 is 0 Å². The van der Waals surface area contributed by atoms with E-state index in [-0.39, 0.29) is 0 Å². The lowest BCUT2D eigenvalue weighted by Gasteiger charge is -2.04. The molecule has 1 nitrogen and oxygen atoms in total. The van der Waals surface area contributed by atoms with Crippen molar-refractivity contribution in [3.8, 4) is 0 Å². The second-order valence-corrected chi connectivity index (χ2v) is 5.76. The van der Waals surface area contributed by atoms with E-state index in [2.05, 4.69) is 36.2 Å². The molecular weight excluding hydrogens is 234 g/mol. The lowest BCUT2D eigenvalue weighted by atomic mass is 10.1. The van der Waals surface area contributed by atoms with Crippen LogP contribution in [-0.2, 0) is 5.75 Å². The fourth-order valence-electron chi connectivity index (χ4n) is 1.32. The van der Waals surface area contributed by atoms with Gasteiger partial charge in [-0.15, -0.1) is 0 Å². The number of aromatic nitrogens is 1. The number of hydrogen-bond acceptors (Lipinski definition) is 3. The third-order valence-electron chi connectivity index (χ3n) is 2.26. The topological polar surface area (TPSA) is 12.9 Å². The van der Waals surface area contributed by atoms with Crippen molar-refractivity contribution < 1.29 is 0 Å². The monoisotopic (exact) mass is 247 g/mol. The molecule has 3 heteroatoms. The van der Waals surface area contributed by atoms with Crippen LogP contribution in [-0.4, -0.2) is 4.98 Å². The zero-order valence-corrected chi connectivity index (χ0v) is 10.7. The number of nitrogens with zero attached hydrogens (tertiary/aromatic N) is 1. The maximum Gasteiger partial charge on any atom is 0.106 e. The predicted octanol–water partition coefficient (Wildman–Crippen LogP) is 4.33. The van der Waals surface area contributed by atoms with E-state index < -0.39 is 0 Å². The van der Waals surface area contributed by atoms with Crippen LogP contribution >= 0.6 is 21.6 Å². The van der Waals surface area contributed by atoms with Gasteiger partial charge in [0.1, 0.15) is 5.03 Å². The molecular formula is C13H13NS2. The SMILES string of the molecule is Cc1ccccc1CSSc1ccccn1. The van der Waals surface area contributed by atoms with Gasteiger partial charge in [0.2, 0.25) is 0 Å². The predicted molar refractivity (Wildman–Crippen MR) is 72.6 cm³/mol. The fraction of sp³-hybridized carbons (Fsp3) is 0.154. The second kappa shape index (κ2) is 5.97. The lowest BCUT2D eigenvalue weighted by Crippen LogP contribution is -1.83. The van der Waals surface area contributed by atoms with Gasteiger partial charge in [-0.05, 0) is 41.0 Å². The van der Waals surface area contributed by atoms with Gasteiger partial charge in [0, 0.05) is 11.9 Å². The standard InChI is InChI=1S/C13H13NS2/c1-11-6-2-3-7-12(11)10-15-16-13-8-4-5-9-14-13/h2-9H,10H2,1H3. The van der Waals surface area contributed by atoms with Gasteiger partial charge >= 0.3 is 0 Å². The van der Waals surface area contributed by atoms with E-state index in [4.69, 9.17) is 0 Å². The van der Waals surface area contributed by atoms with Crippen LogP contribution in [0.1, 0.15) is 11.1 Å². The van der Waals surface area contributed by atoms with Gasteiger partial charge in [0.25, 0.3) is 0 Å². The van der Waals surface area contributed by atoms with Crippen LogP contribution in [0.5, 0.6) is 0 Å². The van der Waals surface area contributed by atoms with Crippen LogP contribution in [0, 0.1) is 6.92 Å². The summed E-state index contributed by atoms with van der Waals surface area (Å²) in [5.41, 5.74) is 2.76. The van der Waals surface area contributed by atoms with Gasteiger partial charge < -0.3 is 0 Å². The first-order valence-corrected chi connectivity index (χ1v) is 7.43. The lowest BCUT2D eigenvalue weighted by molar-refractivity contribution is 1.14. The summed E-state index contributed by atoms with van der Waals surface area (Å²) < 4.78 is 0. The zero-order valence-electron chi connectivity index (χ0n) is 9.09. The van der Waals surface area contributed by atoms with Gasteiger partial charge in [0.15, 0.2) is 0 Å². The highest BCUT2D eigenvalue weighted by Gasteiger charge is 1.99. The second-order valence-electron chi connectivity index (χ2n) is 3.44. The summed E-state index contributed by atoms with van der Waals surface area (Å²) in [5.74, 6) is 1.02. The molecule has 0 spiro atoms. The molecule has 0 atom stereocenters. The molecule has 0 saturated heterocycles. The van der Waals surface area contributed by atoms with Crippen molar-refractivity contribution in [2.75, 3.05) is 0 Å². The zero-order chi connectivity index (χ0) is 11.2. The Balaban J connectivity index is 1.87. The molecule has 0 aliphatic carbocycles. The Labute approximate surface area is 104 Å². The van der Waals surface area contributed by atoms with E-state index in [1.165, 1.54) is 11.1 Å². The van der Waals surface area contributed by atoms with E-state index in [0.29, 0.717) is 0 Å². The van der Waals surface area contributed by atoms with Crippen molar-refractivity contribution in [2.24, 2.45) is 0 Å². The van der Waals surface area contributed by atoms with E-state index in [0.717, 1.165) is 10.8 Å². The molecule has 0 aliphatic heterocycles. The summed E-state index contributed by atoms with van der Waals surface area (Å²) in [5, 5.41) is 1.07. The smallest absolute Gasteiger partial charge is 0.106 e. The molecule has 0 fully saturated rings. The molecule has 1 aromatic carbocycles. The summed E-state index contributed by atoms with van der Waals surface area (Å²) in [7, 11) is 3.56. The van der Waals surface area contributed by atoms with Crippen LogP contribution in [0.25, 0.3) is 0 Å². The van der Waals surface area contributed by atoms with Crippen molar-refractivity contribution in [3.05, 3.63) is 59.8 Å². The third kappa shape index (κ3) is 3.29. The highest BCUT2D eigenvalue weighted by atomic mass is 33.1. The van der Waals surface area contributed by atoms with E-state index in [9.17, 15) is 0 Å². The van der Waals surface area contributed by atoms with Crippen molar-refractivity contribution in [1.82, 2.24) is 4.98 Å². The van der Waals surface area contributed by atoms with Crippen LogP contribution in [0.3, 0.4) is 0 Å². The van der Waals surface area contributed by atoms with Crippen molar-refractivity contribution in [2.45, 2.75) is 17.7 Å². The first-order valence-electron chi connectivity index (χ1n) is 5.11. The summed E-state index contributed by atoms with van der Waals surface area (Å²) in [6.45, 7) is 2.15. The Hall–Kier alpha value is -0.930. The average Bonchev–Trinajstić information content (AvgIpc) is 2.33.